The molecule has 1 heterocycles. The summed E-state index contributed by atoms with van der Waals surface area (Å²) in [6.45, 7) is 4.32. The van der Waals surface area contributed by atoms with Crippen LogP contribution in [0.15, 0.2) is 17.2 Å². The molecule has 2 rings (SSSR count). The molecule has 1 saturated carbocycles. The number of rotatable bonds is 3. The molecule has 1 aliphatic rings. The number of hydrogen-bond acceptors (Lipinski definition) is 4. The summed E-state index contributed by atoms with van der Waals surface area (Å²) in [4.78, 5) is 3.85. The molecule has 0 amide bonds. The zero-order valence-electron chi connectivity index (χ0n) is 11.7. The molecule has 0 saturated heterocycles. The lowest BCUT2D eigenvalue weighted by molar-refractivity contribution is 0.212. The number of anilines is 1. The first-order valence-electron chi connectivity index (χ1n) is 6.63. The minimum atomic E-state index is -3.60. The van der Waals surface area contributed by atoms with E-state index in [4.69, 9.17) is 17.3 Å². The van der Waals surface area contributed by atoms with Crippen molar-refractivity contribution in [3.63, 3.8) is 0 Å². The summed E-state index contributed by atoms with van der Waals surface area (Å²) in [5, 5.41) is 0.150. The van der Waals surface area contributed by atoms with Gasteiger partial charge in [-0.25, -0.2) is 18.1 Å². The van der Waals surface area contributed by atoms with Gasteiger partial charge in [-0.1, -0.05) is 31.9 Å². The summed E-state index contributed by atoms with van der Waals surface area (Å²) in [6.07, 6.45) is 5.08. The molecule has 0 bridgehead atoms. The molecule has 1 atom stereocenters. The molecule has 112 valence electrons. The van der Waals surface area contributed by atoms with Gasteiger partial charge in [-0.3, -0.25) is 0 Å². The molecular weight excluding hydrogens is 298 g/mol. The van der Waals surface area contributed by atoms with E-state index in [1.54, 1.807) is 0 Å². The third-order valence-corrected chi connectivity index (χ3v) is 5.47. The summed E-state index contributed by atoms with van der Waals surface area (Å²) in [7, 11) is -3.60. The van der Waals surface area contributed by atoms with E-state index in [2.05, 4.69) is 23.6 Å². The number of nitrogens with one attached hydrogen (secondary N) is 1. The van der Waals surface area contributed by atoms with E-state index < -0.39 is 10.0 Å². The van der Waals surface area contributed by atoms with E-state index in [1.165, 1.54) is 12.3 Å². The average Bonchev–Trinajstić information content (AvgIpc) is 2.30. The number of aromatic nitrogens is 1. The van der Waals surface area contributed by atoms with E-state index in [1.807, 2.05) is 0 Å². The van der Waals surface area contributed by atoms with Crippen LogP contribution < -0.4 is 10.5 Å². The monoisotopic (exact) mass is 317 g/mol. The Morgan fingerprint density at radius 3 is 2.80 bits per heavy atom. The summed E-state index contributed by atoms with van der Waals surface area (Å²) in [6, 6.07) is 1.29. The average molecular weight is 318 g/mol. The quantitative estimate of drug-likeness (QED) is 0.897. The fraction of sp³-hybridized carbons (Fsp3) is 0.615. The molecule has 1 aromatic heterocycles. The van der Waals surface area contributed by atoms with Crippen LogP contribution in [0.2, 0.25) is 5.02 Å². The summed E-state index contributed by atoms with van der Waals surface area (Å²) in [5.74, 6) is 0.129. The van der Waals surface area contributed by atoms with Gasteiger partial charge in [-0.15, -0.1) is 0 Å². The lowest BCUT2D eigenvalue weighted by Crippen LogP contribution is -2.40. The minimum Gasteiger partial charge on any atom is -0.382 e. The Morgan fingerprint density at radius 1 is 1.50 bits per heavy atom. The second-order valence-corrected chi connectivity index (χ2v) is 8.24. The van der Waals surface area contributed by atoms with Crippen LogP contribution in [-0.2, 0) is 10.0 Å². The van der Waals surface area contributed by atoms with Crippen LogP contribution in [-0.4, -0.2) is 19.4 Å². The number of nitrogen functional groups attached to an aromatic ring is 1. The van der Waals surface area contributed by atoms with Crippen molar-refractivity contribution in [2.45, 2.75) is 50.5 Å². The van der Waals surface area contributed by atoms with Crippen LogP contribution in [0, 0.1) is 5.41 Å². The first-order valence-corrected chi connectivity index (χ1v) is 8.49. The van der Waals surface area contributed by atoms with Crippen molar-refractivity contribution in [3.8, 4) is 0 Å². The van der Waals surface area contributed by atoms with Gasteiger partial charge in [0, 0.05) is 12.2 Å². The van der Waals surface area contributed by atoms with Crippen LogP contribution in [0.5, 0.6) is 0 Å². The second kappa shape index (κ2) is 5.50. The number of nitrogens with zero attached hydrogens (tertiary/aromatic N) is 1. The minimum absolute atomic E-state index is 0.0416. The number of pyridine rings is 1. The lowest BCUT2D eigenvalue weighted by Gasteiger charge is -2.35. The third kappa shape index (κ3) is 3.62. The van der Waals surface area contributed by atoms with E-state index in [9.17, 15) is 8.42 Å². The Balaban J connectivity index is 2.16. The van der Waals surface area contributed by atoms with Crippen LogP contribution in [0.4, 0.5) is 5.82 Å². The normalized spacial score (nSPS) is 22.6. The number of hydrogen-bond donors (Lipinski definition) is 2. The van der Waals surface area contributed by atoms with E-state index >= 15 is 0 Å². The van der Waals surface area contributed by atoms with Gasteiger partial charge >= 0.3 is 0 Å². The Labute approximate surface area is 125 Å². The van der Waals surface area contributed by atoms with E-state index in [0.29, 0.717) is 0 Å². The molecular formula is C13H20ClN3O2S. The Bertz CT molecular complexity index is 602. The number of halogens is 1. The SMILES string of the molecule is CC1(C)CCCC(NS(=O)(=O)c2cnc(N)c(Cl)c2)C1. The highest BCUT2D eigenvalue weighted by Crippen LogP contribution is 2.35. The molecule has 0 aromatic carbocycles. The van der Waals surface area contributed by atoms with Gasteiger partial charge in [0.25, 0.3) is 0 Å². The molecule has 20 heavy (non-hydrogen) atoms. The van der Waals surface area contributed by atoms with Crippen molar-refractivity contribution in [1.29, 1.82) is 0 Å². The first-order chi connectivity index (χ1) is 9.20. The van der Waals surface area contributed by atoms with Crippen molar-refractivity contribution >= 4 is 27.4 Å². The Kier molecular flexibility index (Phi) is 4.27. The zero-order chi connectivity index (χ0) is 15.0. The molecule has 1 unspecified atom stereocenters. The van der Waals surface area contributed by atoms with Gasteiger partial charge in [-0.2, -0.15) is 0 Å². The summed E-state index contributed by atoms with van der Waals surface area (Å²) in [5.41, 5.74) is 5.66. The van der Waals surface area contributed by atoms with Gasteiger partial charge in [0.05, 0.1) is 5.02 Å². The molecule has 3 N–H and O–H groups in total. The van der Waals surface area contributed by atoms with Gasteiger partial charge < -0.3 is 5.73 Å². The molecule has 0 aliphatic heterocycles. The maximum absolute atomic E-state index is 12.3. The Morgan fingerprint density at radius 2 is 2.20 bits per heavy atom. The van der Waals surface area contributed by atoms with Crippen molar-refractivity contribution < 1.29 is 8.42 Å². The predicted octanol–water partition coefficient (Wildman–Crippen LogP) is 2.56. The van der Waals surface area contributed by atoms with Crippen molar-refractivity contribution in [1.82, 2.24) is 9.71 Å². The third-order valence-electron chi connectivity index (χ3n) is 3.68. The van der Waals surface area contributed by atoms with Gasteiger partial charge in [-0.05, 0) is 30.7 Å². The smallest absolute Gasteiger partial charge is 0.242 e. The lowest BCUT2D eigenvalue weighted by atomic mass is 9.75. The van der Waals surface area contributed by atoms with Crippen LogP contribution in [0.3, 0.4) is 0 Å². The second-order valence-electron chi connectivity index (χ2n) is 6.12. The standard InChI is InChI=1S/C13H20ClN3O2S/c1-13(2)5-3-4-9(7-13)17-20(18,19)10-6-11(14)12(15)16-8-10/h6,8-9,17H,3-5,7H2,1-2H3,(H2,15,16). The highest BCUT2D eigenvalue weighted by atomic mass is 35.5. The largest absolute Gasteiger partial charge is 0.382 e. The predicted molar refractivity (Wildman–Crippen MR) is 80.0 cm³/mol. The van der Waals surface area contributed by atoms with Gasteiger partial charge in [0.15, 0.2) is 0 Å². The zero-order valence-corrected chi connectivity index (χ0v) is 13.3. The number of sulfonamides is 1. The molecule has 1 aliphatic carbocycles. The van der Waals surface area contributed by atoms with Gasteiger partial charge in [0.2, 0.25) is 10.0 Å². The summed E-state index contributed by atoms with van der Waals surface area (Å²) >= 11 is 5.83. The molecule has 0 radical (unpaired) electrons. The topological polar surface area (TPSA) is 85.1 Å². The van der Waals surface area contributed by atoms with Crippen molar-refractivity contribution in [3.05, 3.63) is 17.3 Å². The van der Waals surface area contributed by atoms with Crippen LogP contribution >= 0.6 is 11.6 Å². The molecule has 1 fully saturated rings. The fourth-order valence-corrected chi connectivity index (χ4v) is 4.14. The summed E-state index contributed by atoms with van der Waals surface area (Å²) < 4.78 is 27.4. The highest BCUT2D eigenvalue weighted by Gasteiger charge is 2.31. The number of nitrogens with two attached hydrogens (primary N) is 1. The molecule has 5 nitrogen and oxygen atoms in total. The molecule has 1 aromatic rings. The van der Waals surface area contributed by atoms with Crippen molar-refractivity contribution in [2.24, 2.45) is 5.41 Å². The maximum atomic E-state index is 12.3. The Hall–Kier alpha value is -0.850. The van der Waals surface area contributed by atoms with Crippen molar-refractivity contribution in [2.75, 3.05) is 5.73 Å². The van der Waals surface area contributed by atoms with Crippen LogP contribution in [0.1, 0.15) is 39.5 Å². The first kappa shape index (κ1) is 15.5. The van der Waals surface area contributed by atoms with Crippen LogP contribution in [0.25, 0.3) is 0 Å². The fourth-order valence-electron chi connectivity index (χ4n) is 2.66. The van der Waals surface area contributed by atoms with E-state index in [-0.39, 0.29) is 27.2 Å². The maximum Gasteiger partial charge on any atom is 0.242 e. The van der Waals surface area contributed by atoms with Gasteiger partial charge in [0.1, 0.15) is 10.7 Å². The van der Waals surface area contributed by atoms with E-state index in [0.717, 1.165) is 25.7 Å². The highest BCUT2D eigenvalue weighted by molar-refractivity contribution is 7.89. The molecule has 0 spiro atoms. The molecule has 7 heteroatoms.